The monoisotopic (exact) mass is 278 g/mol. The van der Waals surface area contributed by atoms with E-state index in [9.17, 15) is 5.11 Å². The van der Waals surface area contributed by atoms with Crippen LogP contribution in [0.2, 0.25) is 0 Å². The SMILES string of the molecule is COc1ccc([C@@H](O)[C@@H](N)c2ccccc2)cc1.[Cl-]. The third kappa shape index (κ3) is 3.70. The van der Waals surface area contributed by atoms with E-state index >= 15 is 0 Å². The second-order valence-electron chi connectivity index (χ2n) is 4.15. The fourth-order valence-corrected chi connectivity index (χ4v) is 1.87. The summed E-state index contributed by atoms with van der Waals surface area (Å²) in [6, 6.07) is 16.4. The average molecular weight is 279 g/mol. The number of aliphatic hydroxyl groups is 1. The maximum Gasteiger partial charge on any atom is 0.118 e. The summed E-state index contributed by atoms with van der Waals surface area (Å²) >= 11 is 0. The van der Waals surface area contributed by atoms with Crippen LogP contribution in [0, 0.1) is 0 Å². The van der Waals surface area contributed by atoms with Crippen molar-refractivity contribution >= 4 is 0 Å². The Balaban J connectivity index is 0.00000180. The van der Waals surface area contributed by atoms with Crippen molar-refractivity contribution in [1.82, 2.24) is 0 Å². The van der Waals surface area contributed by atoms with E-state index in [1.165, 1.54) is 0 Å². The Morgan fingerprint density at radius 1 is 0.947 bits per heavy atom. The lowest BCUT2D eigenvalue weighted by Crippen LogP contribution is -3.00. The van der Waals surface area contributed by atoms with Crippen LogP contribution in [-0.4, -0.2) is 12.2 Å². The van der Waals surface area contributed by atoms with Gasteiger partial charge in [0.25, 0.3) is 0 Å². The molecule has 2 atom stereocenters. The molecule has 2 aromatic rings. The van der Waals surface area contributed by atoms with Gasteiger partial charge in [-0.3, -0.25) is 0 Å². The zero-order valence-corrected chi connectivity index (χ0v) is 11.4. The second-order valence-corrected chi connectivity index (χ2v) is 4.15. The van der Waals surface area contributed by atoms with Crippen molar-refractivity contribution in [2.45, 2.75) is 12.1 Å². The summed E-state index contributed by atoms with van der Waals surface area (Å²) in [6.07, 6.45) is -0.724. The van der Waals surface area contributed by atoms with Gasteiger partial charge < -0.3 is 28.0 Å². The first-order valence-electron chi connectivity index (χ1n) is 5.85. The Morgan fingerprint density at radius 3 is 2.05 bits per heavy atom. The maximum absolute atomic E-state index is 10.2. The van der Waals surface area contributed by atoms with Crippen molar-refractivity contribution in [3.8, 4) is 5.75 Å². The minimum Gasteiger partial charge on any atom is -1.00 e. The van der Waals surface area contributed by atoms with E-state index in [2.05, 4.69) is 0 Å². The number of benzene rings is 2. The predicted molar refractivity (Wildman–Crippen MR) is 71.3 cm³/mol. The van der Waals surface area contributed by atoms with Gasteiger partial charge in [0, 0.05) is 0 Å². The van der Waals surface area contributed by atoms with Gasteiger partial charge in [0.15, 0.2) is 0 Å². The molecule has 0 saturated heterocycles. The molecule has 0 aromatic heterocycles. The maximum atomic E-state index is 10.2. The molecule has 102 valence electrons. The summed E-state index contributed by atoms with van der Waals surface area (Å²) in [7, 11) is 1.61. The Bertz CT molecular complexity index is 487. The molecule has 0 saturated carbocycles. The molecule has 0 fully saturated rings. The molecule has 0 unspecified atom stereocenters. The molecule has 3 N–H and O–H groups in total. The first-order chi connectivity index (χ1) is 8.72. The fourth-order valence-electron chi connectivity index (χ4n) is 1.87. The van der Waals surface area contributed by atoms with Crippen molar-refractivity contribution in [3.05, 3.63) is 65.7 Å². The lowest BCUT2D eigenvalue weighted by Gasteiger charge is -2.19. The van der Waals surface area contributed by atoms with E-state index in [1.54, 1.807) is 7.11 Å². The van der Waals surface area contributed by atoms with Crippen molar-refractivity contribution in [2.24, 2.45) is 5.73 Å². The van der Waals surface area contributed by atoms with Crippen LogP contribution >= 0.6 is 0 Å². The summed E-state index contributed by atoms with van der Waals surface area (Å²) < 4.78 is 5.08. The number of hydrogen-bond acceptors (Lipinski definition) is 3. The van der Waals surface area contributed by atoms with Crippen LogP contribution in [-0.2, 0) is 0 Å². The highest BCUT2D eigenvalue weighted by atomic mass is 35.5. The lowest BCUT2D eigenvalue weighted by atomic mass is 9.97. The van der Waals surface area contributed by atoms with Gasteiger partial charge in [0.05, 0.1) is 19.3 Å². The highest BCUT2D eigenvalue weighted by molar-refractivity contribution is 5.31. The molecule has 0 aliphatic carbocycles. The van der Waals surface area contributed by atoms with Gasteiger partial charge >= 0.3 is 0 Å². The normalized spacial score (nSPS) is 13.2. The van der Waals surface area contributed by atoms with Crippen LogP contribution in [0.4, 0.5) is 0 Å². The Kier molecular flexibility index (Phi) is 5.83. The molecular weight excluding hydrogens is 262 g/mol. The third-order valence-electron chi connectivity index (χ3n) is 2.98. The Morgan fingerprint density at radius 2 is 1.53 bits per heavy atom. The molecule has 0 bridgehead atoms. The molecule has 2 aromatic carbocycles. The molecule has 2 rings (SSSR count). The van der Waals surface area contributed by atoms with E-state index in [0.29, 0.717) is 0 Å². The van der Waals surface area contributed by atoms with Crippen molar-refractivity contribution in [2.75, 3.05) is 7.11 Å². The summed E-state index contributed by atoms with van der Waals surface area (Å²) in [6.45, 7) is 0. The summed E-state index contributed by atoms with van der Waals surface area (Å²) in [5.74, 6) is 0.763. The van der Waals surface area contributed by atoms with Crippen LogP contribution in [0.5, 0.6) is 5.75 Å². The summed E-state index contributed by atoms with van der Waals surface area (Å²) in [5.41, 5.74) is 7.76. The van der Waals surface area contributed by atoms with E-state index in [-0.39, 0.29) is 12.4 Å². The van der Waals surface area contributed by atoms with Gasteiger partial charge in [-0.2, -0.15) is 0 Å². The average Bonchev–Trinajstić information content (AvgIpc) is 2.47. The van der Waals surface area contributed by atoms with Crippen LogP contribution in [0.1, 0.15) is 23.3 Å². The van der Waals surface area contributed by atoms with E-state index in [4.69, 9.17) is 10.5 Å². The van der Waals surface area contributed by atoms with Crippen LogP contribution in [0.25, 0.3) is 0 Å². The molecule has 3 nitrogen and oxygen atoms in total. The standard InChI is InChI=1S/C15H17NO2.ClH/c1-18-13-9-7-12(8-10-13)15(17)14(16)11-5-3-2-4-6-11;/h2-10,14-15,17H,16H2,1H3;1H/p-1/t14-,15+;/m0./s1. The Hall–Kier alpha value is -1.55. The number of methoxy groups -OCH3 is 1. The number of aliphatic hydroxyl groups excluding tert-OH is 1. The van der Waals surface area contributed by atoms with Crippen LogP contribution in [0.3, 0.4) is 0 Å². The van der Waals surface area contributed by atoms with Gasteiger partial charge in [-0.25, -0.2) is 0 Å². The van der Waals surface area contributed by atoms with Gasteiger partial charge in [-0.1, -0.05) is 42.5 Å². The highest BCUT2D eigenvalue weighted by Crippen LogP contribution is 2.27. The molecule has 19 heavy (non-hydrogen) atoms. The van der Waals surface area contributed by atoms with Gasteiger partial charge in [-0.05, 0) is 23.3 Å². The van der Waals surface area contributed by atoms with Gasteiger partial charge in [0.1, 0.15) is 5.75 Å². The summed E-state index contributed by atoms with van der Waals surface area (Å²) in [5, 5.41) is 10.2. The van der Waals surface area contributed by atoms with E-state index in [0.717, 1.165) is 16.9 Å². The number of hydrogen-bond donors (Lipinski definition) is 2. The van der Waals surface area contributed by atoms with E-state index < -0.39 is 12.1 Å². The molecule has 4 heteroatoms. The third-order valence-corrected chi connectivity index (χ3v) is 2.98. The lowest BCUT2D eigenvalue weighted by molar-refractivity contribution is -0.00000562. The molecule has 0 radical (unpaired) electrons. The zero-order valence-electron chi connectivity index (χ0n) is 10.7. The zero-order chi connectivity index (χ0) is 13.0. The van der Waals surface area contributed by atoms with Crippen molar-refractivity contribution in [3.63, 3.8) is 0 Å². The molecule has 0 spiro atoms. The number of rotatable bonds is 4. The molecule has 0 heterocycles. The number of nitrogens with two attached hydrogens (primary N) is 1. The van der Waals surface area contributed by atoms with Crippen molar-refractivity contribution in [1.29, 1.82) is 0 Å². The number of ether oxygens (including phenoxy) is 1. The molecular formula is C15H17ClNO2-. The molecule has 0 aliphatic rings. The Labute approximate surface area is 119 Å². The smallest absolute Gasteiger partial charge is 0.118 e. The largest absolute Gasteiger partial charge is 1.00 e. The van der Waals surface area contributed by atoms with E-state index in [1.807, 2.05) is 54.6 Å². The summed E-state index contributed by atoms with van der Waals surface area (Å²) in [4.78, 5) is 0. The second kappa shape index (κ2) is 7.14. The van der Waals surface area contributed by atoms with Crippen molar-refractivity contribution < 1.29 is 22.3 Å². The minimum absolute atomic E-state index is 0. The van der Waals surface area contributed by atoms with Crippen LogP contribution in [0.15, 0.2) is 54.6 Å². The topological polar surface area (TPSA) is 55.5 Å². The molecule has 0 amide bonds. The number of halogens is 1. The van der Waals surface area contributed by atoms with Gasteiger partial charge in [-0.15, -0.1) is 0 Å². The van der Waals surface area contributed by atoms with Crippen LogP contribution < -0.4 is 22.9 Å². The fraction of sp³-hybridized carbons (Fsp3) is 0.200. The van der Waals surface area contributed by atoms with Gasteiger partial charge in [0.2, 0.25) is 0 Å². The minimum atomic E-state index is -0.724. The highest BCUT2D eigenvalue weighted by Gasteiger charge is 2.18. The quantitative estimate of drug-likeness (QED) is 0.788. The first-order valence-corrected chi connectivity index (χ1v) is 5.85. The first kappa shape index (κ1) is 15.5. The predicted octanol–water partition coefficient (Wildman–Crippen LogP) is -0.567. The molecule has 0 aliphatic heterocycles.